The maximum Gasteiger partial charge on any atom is 0.508 e. The van der Waals surface area contributed by atoms with Gasteiger partial charge in [0.2, 0.25) is 0 Å². The molecule has 0 radical (unpaired) electrons. The highest BCUT2D eigenvalue weighted by Gasteiger charge is 2.16. The highest BCUT2D eigenvalue weighted by Crippen LogP contribution is 2.11. The molecule has 0 aromatic carbocycles. The van der Waals surface area contributed by atoms with Crippen molar-refractivity contribution in [2.24, 2.45) is 0 Å². The molecule has 0 bridgehead atoms. The van der Waals surface area contributed by atoms with Gasteiger partial charge in [0.1, 0.15) is 13.2 Å². The van der Waals surface area contributed by atoms with E-state index in [9.17, 15) is 4.79 Å². The molecule has 2 atom stereocenters. The molecule has 0 rings (SSSR count). The Kier molecular flexibility index (Phi) is 24.1. The van der Waals surface area contributed by atoms with E-state index in [1.54, 1.807) is 0 Å². The molecule has 7 nitrogen and oxygen atoms in total. The molecule has 7 heteroatoms. The lowest BCUT2D eigenvalue weighted by molar-refractivity contribution is -0.0558. The van der Waals surface area contributed by atoms with E-state index in [2.05, 4.69) is 13.8 Å². The smallest absolute Gasteiger partial charge is 0.432 e. The third-order valence-electron chi connectivity index (χ3n) is 5.10. The van der Waals surface area contributed by atoms with Crippen LogP contribution in [0.3, 0.4) is 0 Å². The van der Waals surface area contributed by atoms with Gasteiger partial charge in [0.05, 0.1) is 38.6 Å². The summed E-state index contributed by atoms with van der Waals surface area (Å²) in [6.07, 6.45) is 10.0. The zero-order chi connectivity index (χ0) is 23.7. The first-order valence-corrected chi connectivity index (χ1v) is 12.9. The molecular weight excluding hydrogens is 412 g/mol. The Morgan fingerprint density at radius 1 is 0.594 bits per heavy atom. The number of carbonyl (C=O) groups is 1. The minimum Gasteiger partial charge on any atom is -0.432 e. The van der Waals surface area contributed by atoms with Gasteiger partial charge in [-0.05, 0) is 26.7 Å². The van der Waals surface area contributed by atoms with E-state index in [1.807, 2.05) is 13.8 Å². The molecule has 0 aliphatic carbocycles. The molecule has 0 saturated carbocycles. The van der Waals surface area contributed by atoms with Crippen LogP contribution >= 0.6 is 0 Å². The van der Waals surface area contributed by atoms with Crippen LogP contribution in [-0.4, -0.2) is 71.2 Å². The van der Waals surface area contributed by atoms with Crippen molar-refractivity contribution in [1.29, 1.82) is 0 Å². The fraction of sp³-hybridized carbons (Fsp3) is 0.960. The maximum absolute atomic E-state index is 12.2. The second kappa shape index (κ2) is 24.7. The van der Waals surface area contributed by atoms with Crippen molar-refractivity contribution in [2.45, 2.75) is 104 Å². The number of rotatable bonds is 24. The number of hydrogen-bond donors (Lipinski definition) is 0. The van der Waals surface area contributed by atoms with E-state index >= 15 is 0 Å². The second-order valence-electron chi connectivity index (χ2n) is 7.95. The number of carbonyl (C=O) groups excluding carboxylic acids is 1. The Morgan fingerprint density at radius 2 is 1.03 bits per heavy atom. The molecule has 0 fully saturated rings. The lowest BCUT2D eigenvalue weighted by Crippen LogP contribution is -2.27. The highest BCUT2D eigenvalue weighted by atomic mass is 16.7. The lowest BCUT2D eigenvalue weighted by atomic mass is 10.1. The number of ether oxygens (including phenoxy) is 6. The van der Waals surface area contributed by atoms with Gasteiger partial charge in [-0.2, -0.15) is 0 Å². The fourth-order valence-corrected chi connectivity index (χ4v) is 3.23. The summed E-state index contributed by atoms with van der Waals surface area (Å²) in [5, 5.41) is 0. The Bertz CT molecular complexity index is 334. The third-order valence-corrected chi connectivity index (χ3v) is 5.10. The summed E-state index contributed by atoms with van der Waals surface area (Å²) in [6, 6.07) is 0. The normalized spacial score (nSPS) is 13.1. The van der Waals surface area contributed by atoms with E-state index in [0.29, 0.717) is 39.6 Å². The van der Waals surface area contributed by atoms with E-state index in [0.717, 1.165) is 38.5 Å². The van der Waals surface area contributed by atoms with Gasteiger partial charge in [0, 0.05) is 13.2 Å². The molecule has 0 aliphatic rings. The van der Waals surface area contributed by atoms with Crippen LogP contribution in [0.1, 0.15) is 91.9 Å². The number of hydrogen-bond acceptors (Lipinski definition) is 7. The van der Waals surface area contributed by atoms with Crippen LogP contribution in [0.2, 0.25) is 0 Å². The Labute approximate surface area is 196 Å². The van der Waals surface area contributed by atoms with Gasteiger partial charge in [-0.25, -0.2) is 4.79 Å². The van der Waals surface area contributed by atoms with Gasteiger partial charge in [-0.1, -0.05) is 65.2 Å². The van der Waals surface area contributed by atoms with Crippen LogP contribution in [0, 0.1) is 0 Å². The molecule has 0 aromatic rings. The average Bonchev–Trinajstić information content (AvgIpc) is 2.80. The average molecular weight is 463 g/mol. The maximum atomic E-state index is 12.2. The second-order valence-corrected chi connectivity index (χ2v) is 7.95. The van der Waals surface area contributed by atoms with Crippen LogP contribution in [0.4, 0.5) is 4.79 Å². The Balaban J connectivity index is 4.32. The molecule has 0 amide bonds. The van der Waals surface area contributed by atoms with Gasteiger partial charge in [-0.3, -0.25) is 0 Å². The van der Waals surface area contributed by atoms with Crippen molar-refractivity contribution in [2.75, 3.05) is 52.9 Å². The van der Waals surface area contributed by atoms with Crippen molar-refractivity contribution >= 4 is 6.16 Å². The predicted molar refractivity (Wildman–Crippen MR) is 127 cm³/mol. The monoisotopic (exact) mass is 462 g/mol. The summed E-state index contributed by atoms with van der Waals surface area (Å²) in [4.78, 5) is 12.2. The first kappa shape index (κ1) is 31.1. The summed E-state index contributed by atoms with van der Waals surface area (Å²) in [6.45, 7) is 12.1. The number of unbranched alkanes of at least 4 members (excludes halogenated alkanes) is 6. The standard InChI is InChI=1S/C25H50O7/c1-5-9-11-13-15-23(29-19-17-27-7-3)21-31-25(26)32-22-24(16-14-12-10-6-2)30-20-18-28-8-4/h23-24H,5-22H2,1-4H3. The molecule has 0 heterocycles. The minimum atomic E-state index is -0.663. The zero-order valence-corrected chi connectivity index (χ0v) is 21.2. The first-order chi connectivity index (χ1) is 15.7. The van der Waals surface area contributed by atoms with Crippen molar-refractivity contribution in [3.63, 3.8) is 0 Å². The highest BCUT2D eigenvalue weighted by molar-refractivity contribution is 5.59. The van der Waals surface area contributed by atoms with E-state index in [4.69, 9.17) is 28.4 Å². The largest absolute Gasteiger partial charge is 0.508 e. The SMILES string of the molecule is CCCCCCC(COC(=O)OCC(CCCCCC)OCCOCC)OCCOCC. The zero-order valence-electron chi connectivity index (χ0n) is 21.2. The van der Waals surface area contributed by atoms with Crippen molar-refractivity contribution < 1.29 is 33.2 Å². The lowest BCUT2D eigenvalue weighted by Gasteiger charge is -2.20. The molecule has 0 saturated heterocycles. The van der Waals surface area contributed by atoms with Crippen LogP contribution in [0.25, 0.3) is 0 Å². The molecule has 192 valence electrons. The first-order valence-electron chi connectivity index (χ1n) is 12.9. The van der Waals surface area contributed by atoms with Crippen molar-refractivity contribution in [1.82, 2.24) is 0 Å². The molecular formula is C25H50O7. The quantitative estimate of drug-likeness (QED) is 0.130. The van der Waals surface area contributed by atoms with Crippen LogP contribution in [0.5, 0.6) is 0 Å². The Morgan fingerprint density at radius 3 is 1.41 bits per heavy atom. The molecule has 0 N–H and O–H groups in total. The van der Waals surface area contributed by atoms with E-state index in [1.165, 1.54) is 25.7 Å². The summed E-state index contributed by atoms with van der Waals surface area (Å²) in [7, 11) is 0. The molecule has 0 aromatic heterocycles. The van der Waals surface area contributed by atoms with Gasteiger partial charge < -0.3 is 28.4 Å². The predicted octanol–water partition coefficient (Wildman–Crippen LogP) is 5.92. The van der Waals surface area contributed by atoms with Gasteiger partial charge >= 0.3 is 6.16 Å². The topological polar surface area (TPSA) is 72.5 Å². The van der Waals surface area contributed by atoms with Gasteiger partial charge in [0.25, 0.3) is 0 Å². The van der Waals surface area contributed by atoms with E-state index < -0.39 is 6.16 Å². The molecule has 0 spiro atoms. The van der Waals surface area contributed by atoms with E-state index in [-0.39, 0.29) is 25.4 Å². The summed E-state index contributed by atoms with van der Waals surface area (Å²) in [5.41, 5.74) is 0. The van der Waals surface area contributed by atoms with Crippen molar-refractivity contribution in [3.05, 3.63) is 0 Å². The van der Waals surface area contributed by atoms with Crippen molar-refractivity contribution in [3.8, 4) is 0 Å². The Hall–Kier alpha value is -0.890. The molecule has 32 heavy (non-hydrogen) atoms. The van der Waals surface area contributed by atoms with Gasteiger partial charge in [-0.15, -0.1) is 0 Å². The summed E-state index contributed by atoms with van der Waals surface area (Å²) >= 11 is 0. The molecule has 2 unspecified atom stereocenters. The third kappa shape index (κ3) is 21.0. The molecule has 0 aliphatic heterocycles. The fourth-order valence-electron chi connectivity index (χ4n) is 3.23. The minimum absolute atomic E-state index is 0.132. The summed E-state index contributed by atoms with van der Waals surface area (Å²) in [5.74, 6) is 0. The summed E-state index contributed by atoms with van der Waals surface area (Å²) < 4.78 is 33.1. The van der Waals surface area contributed by atoms with Crippen LogP contribution in [-0.2, 0) is 28.4 Å². The van der Waals surface area contributed by atoms with Crippen LogP contribution < -0.4 is 0 Å². The van der Waals surface area contributed by atoms with Gasteiger partial charge in [0.15, 0.2) is 0 Å². The van der Waals surface area contributed by atoms with Crippen LogP contribution in [0.15, 0.2) is 0 Å².